The molecular weight excluding hydrogens is 414 g/mol. The molecule has 0 unspecified atom stereocenters. The van der Waals surface area contributed by atoms with Crippen molar-refractivity contribution in [1.82, 2.24) is 14.3 Å². The zero-order valence-corrected chi connectivity index (χ0v) is 17.8. The van der Waals surface area contributed by atoms with Gasteiger partial charge in [0, 0.05) is 45.3 Å². The molecule has 11 heteroatoms. The maximum atomic E-state index is 13.0. The first-order valence-electron chi connectivity index (χ1n) is 9.48. The number of carbonyl (C=O) groups excluding carboxylic acids is 1. The van der Waals surface area contributed by atoms with E-state index in [2.05, 4.69) is 19.8 Å². The van der Waals surface area contributed by atoms with Crippen LogP contribution >= 0.6 is 11.3 Å². The molecule has 2 aromatic heterocycles. The number of hydrogen-bond acceptors (Lipinski definition) is 9. The number of carbonyl (C=O) groups is 1. The van der Waals surface area contributed by atoms with Gasteiger partial charge in [0.05, 0.1) is 7.11 Å². The zero-order valence-electron chi connectivity index (χ0n) is 16.2. The molecule has 2 aromatic rings. The Morgan fingerprint density at radius 3 is 2.28 bits per heavy atom. The fraction of sp³-hybridized carbons (Fsp3) is 0.500. The first-order chi connectivity index (χ1) is 14.0. The summed E-state index contributed by atoms with van der Waals surface area (Å²) >= 11 is 1.07. The summed E-state index contributed by atoms with van der Waals surface area (Å²) in [7, 11) is -2.51. The average Bonchev–Trinajstić information content (AvgIpc) is 3.46. The average molecular weight is 438 g/mol. The zero-order chi connectivity index (χ0) is 20.4. The molecule has 0 spiro atoms. The third-order valence-electron chi connectivity index (χ3n) is 5.25. The highest BCUT2D eigenvalue weighted by Crippen LogP contribution is 2.28. The van der Waals surface area contributed by atoms with Crippen LogP contribution in [0.3, 0.4) is 0 Å². The quantitative estimate of drug-likeness (QED) is 0.649. The Balaban J connectivity index is 1.46. The van der Waals surface area contributed by atoms with E-state index in [-0.39, 0.29) is 9.77 Å². The Bertz CT molecular complexity index is 980. The van der Waals surface area contributed by atoms with Gasteiger partial charge in [-0.1, -0.05) is 0 Å². The minimum atomic E-state index is -3.76. The molecule has 2 aliphatic heterocycles. The number of nitrogens with zero attached hydrogens (tertiary/aromatic N) is 5. The minimum Gasteiger partial charge on any atom is -0.465 e. The lowest BCUT2D eigenvalue weighted by Crippen LogP contribution is -2.49. The van der Waals surface area contributed by atoms with Gasteiger partial charge >= 0.3 is 5.97 Å². The van der Waals surface area contributed by atoms with Crippen molar-refractivity contribution < 1.29 is 17.9 Å². The van der Waals surface area contributed by atoms with Crippen LogP contribution in [0.15, 0.2) is 28.7 Å². The van der Waals surface area contributed by atoms with Gasteiger partial charge < -0.3 is 14.5 Å². The molecular formula is C18H23N5O4S2. The summed E-state index contributed by atoms with van der Waals surface area (Å²) in [5.41, 5.74) is 0. The monoisotopic (exact) mass is 437 g/mol. The molecule has 2 saturated heterocycles. The van der Waals surface area contributed by atoms with E-state index in [9.17, 15) is 13.2 Å². The number of ether oxygens (including phenoxy) is 1. The summed E-state index contributed by atoms with van der Waals surface area (Å²) < 4.78 is 32.2. The van der Waals surface area contributed by atoms with Gasteiger partial charge in [0.25, 0.3) is 0 Å². The standard InChI is InChI=1S/C18H23N5O4S2/c1-27-18(24)17-14(4-11-28-17)29(25,26)23-9-7-22(8-10-23)16-12-15(19-13-20-16)21-5-2-3-6-21/h4,11-13H,2-3,5-10H2,1H3. The van der Waals surface area contributed by atoms with E-state index in [0.717, 1.165) is 36.1 Å². The maximum absolute atomic E-state index is 13.0. The van der Waals surface area contributed by atoms with E-state index < -0.39 is 16.0 Å². The molecule has 0 amide bonds. The molecule has 29 heavy (non-hydrogen) atoms. The van der Waals surface area contributed by atoms with Gasteiger partial charge in [-0.05, 0) is 24.3 Å². The summed E-state index contributed by atoms with van der Waals surface area (Å²) in [5, 5.41) is 1.59. The molecule has 0 N–H and O–H groups in total. The van der Waals surface area contributed by atoms with Crippen molar-refractivity contribution in [3.05, 3.63) is 28.7 Å². The number of rotatable bonds is 5. The van der Waals surface area contributed by atoms with Gasteiger partial charge in [-0.2, -0.15) is 4.31 Å². The topological polar surface area (TPSA) is 95.9 Å². The second-order valence-corrected chi connectivity index (χ2v) is 9.75. The van der Waals surface area contributed by atoms with E-state index in [1.54, 1.807) is 11.7 Å². The first kappa shape index (κ1) is 20.0. The number of sulfonamides is 1. The van der Waals surface area contributed by atoms with Crippen LogP contribution in [0.4, 0.5) is 11.6 Å². The smallest absolute Gasteiger partial charge is 0.349 e. The molecule has 0 saturated carbocycles. The Kier molecular flexibility index (Phi) is 5.70. The van der Waals surface area contributed by atoms with Crippen molar-refractivity contribution in [3.8, 4) is 0 Å². The van der Waals surface area contributed by atoms with Crippen molar-refractivity contribution in [3.63, 3.8) is 0 Å². The molecule has 4 rings (SSSR count). The number of anilines is 2. The van der Waals surface area contributed by atoms with Crippen molar-refractivity contribution in [2.75, 3.05) is 56.2 Å². The van der Waals surface area contributed by atoms with Gasteiger partial charge in [0.15, 0.2) is 0 Å². The Morgan fingerprint density at radius 2 is 1.66 bits per heavy atom. The molecule has 156 valence electrons. The van der Waals surface area contributed by atoms with Crippen LogP contribution in [0.1, 0.15) is 22.5 Å². The molecule has 0 atom stereocenters. The molecule has 0 radical (unpaired) electrons. The SMILES string of the molecule is COC(=O)c1sccc1S(=O)(=O)N1CCN(c2cc(N3CCCC3)ncn2)CC1. The van der Waals surface area contributed by atoms with Crippen molar-refractivity contribution in [1.29, 1.82) is 0 Å². The summed E-state index contributed by atoms with van der Waals surface area (Å²) in [4.78, 5) is 25.1. The molecule has 2 aliphatic rings. The lowest BCUT2D eigenvalue weighted by atomic mass is 10.3. The predicted molar refractivity (Wildman–Crippen MR) is 110 cm³/mol. The van der Waals surface area contributed by atoms with Crippen LogP contribution in [0.25, 0.3) is 0 Å². The molecule has 0 bridgehead atoms. The van der Waals surface area contributed by atoms with E-state index in [0.29, 0.717) is 26.2 Å². The van der Waals surface area contributed by atoms with Gasteiger partial charge in [-0.15, -0.1) is 11.3 Å². The van der Waals surface area contributed by atoms with E-state index in [1.807, 2.05) is 6.07 Å². The van der Waals surface area contributed by atoms with Gasteiger partial charge in [0.2, 0.25) is 10.0 Å². The summed E-state index contributed by atoms with van der Waals surface area (Å²) in [6.45, 7) is 3.70. The number of thiophene rings is 1. The third kappa shape index (κ3) is 3.94. The normalized spacial score (nSPS) is 18.2. The first-order valence-corrected chi connectivity index (χ1v) is 11.8. The number of aromatic nitrogens is 2. The van der Waals surface area contributed by atoms with Crippen LogP contribution < -0.4 is 9.80 Å². The van der Waals surface area contributed by atoms with Crippen LogP contribution in [0, 0.1) is 0 Å². The third-order valence-corrected chi connectivity index (χ3v) is 8.21. The number of esters is 1. The van der Waals surface area contributed by atoms with Gasteiger partial charge in [-0.25, -0.2) is 23.2 Å². The lowest BCUT2D eigenvalue weighted by Gasteiger charge is -2.34. The molecule has 4 heterocycles. The van der Waals surface area contributed by atoms with Gasteiger partial charge in [0.1, 0.15) is 27.7 Å². The van der Waals surface area contributed by atoms with Crippen LogP contribution in [0.2, 0.25) is 0 Å². The predicted octanol–water partition coefficient (Wildman–Crippen LogP) is 1.44. The van der Waals surface area contributed by atoms with Crippen LogP contribution in [-0.2, 0) is 14.8 Å². The summed E-state index contributed by atoms with van der Waals surface area (Å²) in [5.74, 6) is 1.10. The highest BCUT2D eigenvalue weighted by Gasteiger charge is 2.33. The van der Waals surface area contributed by atoms with E-state index >= 15 is 0 Å². The Morgan fingerprint density at radius 1 is 1.03 bits per heavy atom. The minimum absolute atomic E-state index is 0.0150. The fourth-order valence-electron chi connectivity index (χ4n) is 3.67. The number of piperazine rings is 1. The maximum Gasteiger partial charge on any atom is 0.349 e. The highest BCUT2D eigenvalue weighted by molar-refractivity contribution is 7.89. The molecule has 0 aliphatic carbocycles. The Labute approximate surface area is 174 Å². The summed E-state index contributed by atoms with van der Waals surface area (Å²) in [6.07, 6.45) is 3.91. The van der Waals surface area contributed by atoms with Crippen molar-refractivity contribution in [2.45, 2.75) is 17.7 Å². The molecule has 0 aromatic carbocycles. The van der Waals surface area contributed by atoms with Gasteiger partial charge in [-0.3, -0.25) is 0 Å². The largest absolute Gasteiger partial charge is 0.465 e. The second-order valence-electron chi connectivity index (χ2n) is 6.93. The number of hydrogen-bond donors (Lipinski definition) is 0. The number of methoxy groups -OCH3 is 1. The van der Waals surface area contributed by atoms with Crippen LogP contribution in [0.5, 0.6) is 0 Å². The Hall–Kier alpha value is -2.24. The fourth-order valence-corrected chi connectivity index (χ4v) is 6.40. The highest BCUT2D eigenvalue weighted by atomic mass is 32.2. The van der Waals surface area contributed by atoms with E-state index in [1.165, 1.54) is 30.3 Å². The van der Waals surface area contributed by atoms with Crippen molar-refractivity contribution in [2.24, 2.45) is 0 Å². The van der Waals surface area contributed by atoms with E-state index in [4.69, 9.17) is 4.74 Å². The van der Waals surface area contributed by atoms with Crippen molar-refractivity contribution >= 4 is 39.0 Å². The molecule has 9 nitrogen and oxygen atoms in total. The second kappa shape index (κ2) is 8.25. The van der Waals surface area contributed by atoms with Crippen LogP contribution in [-0.4, -0.2) is 75.0 Å². The lowest BCUT2D eigenvalue weighted by molar-refractivity contribution is 0.0602. The summed E-state index contributed by atoms with van der Waals surface area (Å²) in [6, 6.07) is 3.44. The molecule has 2 fully saturated rings.